The molecular formula is C13H16ClN3O2. The van der Waals surface area contributed by atoms with Crippen LogP contribution in [0.15, 0.2) is 22.7 Å². The molecule has 0 aliphatic carbocycles. The van der Waals surface area contributed by atoms with Gasteiger partial charge in [-0.1, -0.05) is 29.7 Å². The molecule has 0 aliphatic rings. The molecule has 0 atom stereocenters. The summed E-state index contributed by atoms with van der Waals surface area (Å²) in [6.07, 6.45) is 0.717. The van der Waals surface area contributed by atoms with Gasteiger partial charge in [0.1, 0.15) is 5.75 Å². The highest BCUT2D eigenvalue weighted by Gasteiger charge is 2.10. The van der Waals surface area contributed by atoms with Crippen molar-refractivity contribution >= 4 is 11.6 Å². The third-order valence-corrected chi connectivity index (χ3v) is 2.95. The average Bonchev–Trinajstić information content (AvgIpc) is 2.87. The quantitative estimate of drug-likeness (QED) is 0.882. The molecule has 0 radical (unpaired) electrons. The number of benzene rings is 1. The van der Waals surface area contributed by atoms with Gasteiger partial charge in [-0.3, -0.25) is 0 Å². The van der Waals surface area contributed by atoms with Crippen LogP contribution in [0.5, 0.6) is 5.75 Å². The highest BCUT2D eigenvalue weighted by molar-refractivity contribution is 6.31. The lowest BCUT2D eigenvalue weighted by molar-refractivity contribution is 0.282. The molecule has 19 heavy (non-hydrogen) atoms. The molecular weight excluding hydrogens is 266 g/mol. The van der Waals surface area contributed by atoms with Crippen LogP contribution in [0.4, 0.5) is 0 Å². The molecule has 0 fully saturated rings. The van der Waals surface area contributed by atoms with E-state index in [0.717, 1.165) is 17.7 Å². The number of hydrogen-bond acceptors (Lipinski definition) is 5. The van der Waals surface area contributed by atoms with Gasteiger partial charge >= 0.3 is 0 Å². The summed E-state index contributed by atoms with van der Waals surface area (Å²) in [5.74, 6) is 1.87. The van der Waals surface area contributed by atoms with E-state index in [4.69, 9.17) is 20.9 Å². The van der Waals surface area contributed by atoms with E-state index in [-0.39, 0.29) is 6.61 Å². The van der Waals surface area contributed by atoms with Crippen LogP contribution in [-0.4, -0.2) is 17.2 Å². The molecule has 0 spiro atoms. The number of hydrogen-bond donors (Lipinski definition) is 1. The largest absolute Gasteiger partial charge is 0.485 e. The van der Waals surface area contributed by atoms with Crippen molar-refractivity contribution in [2.75, 3.05) is 7.05 Å². The number of rotatable bonds is 6. The Kier molecular flexibility index (Phi) is 4.76. The highest BCUT2D eigenvalue weighted by atomic mass is 35.5. The first kappa shape index (κ1) is 13.8. The van der Waals surface area contributed by atoms with Gasteiger partial charge < -0.3 is 14.6 Å². The molecule has 0 amide bonds. The number of halogens is 1. The SMILES string of the molecule is CCc1nc(COc2cccc(Cl)c2CNC)no1. The lowest BCUT2D eigenvalue weighted by Crippen LogP contribution is -2.08. The van der Waals surface area contributed by atoms with E-state index in [1.54, 1.807) is 0 Å². The topological polar surface area (TPSA) is 60.2 Å². The molecule has 0 saturated carbocycles. The summed E-state index contributed by atoms with van der Waals surface area (Å²) in [4.78, 5) is 4.19. The van der Waals surface area contributed by atoms with E-state index in [0.29, 0.717) is 23.3 Å². The molecule has 1 aromatic carbocycles. The minimum absolute atomic E-state index is 0.264. The van der Waals surface area contributed by atoms with Crippen molar-refractivity contribution in [3.05, 3.63) is 40.5 Å². The molecule has 0 bridgehead atoms. The van der Waals surface area contributed by atoms with Gasteiger partial charge in [0.25, 0.3) is 0 Å². The van der Waals surface area contributed by atoms with Crippen LogP contribution in [0.1, 0.15) is 24.2 Å². The van der Waals surface area contributed by atoms with Crippen molar-refractivity contribution in [1.82, 2.24) is 15.5 Å². The fourth-order valence-corrected chi connectivity index (χ4v) is 1.89. The van der Waals surface area contributed by atoms with Crippen molar-refractivity contribution in [3.8, 4) is 5.75 Å². The Balaban J connectivity index is 2.08. The molecule has 0 saturated heterocycles. The number of nitrogens with one attached hydrogen (secondary N) is 1. The van der Waals surface area contributed by atoms with Gasteiger partial charge in [-0.2, -0.15) is 4.98 Å². The van der Waals surface area contributed by atoms with Crippen molar-refractivity contribution in [2.45, 2.75) is 26.5 Å². The summed E-state index contributed by atoms with van der Waals surface area (Å²) in [5.41, 5.74) is 0.922. The predicted molar refractivity (Wildman–Crippen MR) is 72.2 cm³/mol. The number of ether oxygens (including phenoxy) is 1. The normalized spacial score (nSPS) is 10.7. The Morgan fingerprint density at radius 1 is 1.42 bits per heavy atom. The minimum atomic E-state index is 0.264. The highest BCUT2D eigenvalue weighted by Crippen LogP contribution is 2.26. The predicted octanol–water partition coefficient (Wildman–Crippen LogP) is 2.58. The summed E-state index contributed by atoms with van der Waals surface area (Å²) < 4.78 is 10.7. The second-order valence-electron chi connectivity index (χ2n) is 3.99. The second-order valence-corrected chi connectivity index (χ2v) is 4.40. The van der Waals surface area contributed by atoms with E-state index in [2.05, 4.69) is 15.5 Å². The lowest BCUT2D eigenvalue weighted by Gasteiger charge is -2.11. The average molecular weight is 282 g/mol. The fraction of sp³-hybridized carbons (Fsp3) is 0.385. The first-order valence-electron chi connectivity index (χ1n) is 6.10. The van der Waals surface area contributed by atoms with Crippen LogP contribution in [-0.2, 0) is 19.6 Å². The molecule has 2 aromatic rings. The van der Waals surface area contributed by atoms with Crippen molar-refractivity contribution < 1.29 is 9.26 Å². The smallest absolute Gasteiger partial charge is 0.226 e. The van der Waals surface area contributed by atoms with Gasteiger partial charge in [0.15, 0.2) is 6.61 Å². The lowest BCUT2D eigenvalue weighted by atomic mass is 10.2. The molecule has 1 heterocycles. The first-order valence-corrected chi connectivity index (χ1v) is 6.48. The summed E-state index contributed by atoms with van der Waals surface area (Å²) in [6, 6.07) is 5.56. The maximum atomic E-state index is 6.15. The van der Waals surface area contributed by atoms with Crippen LogP contribution < -0.4 is 10.1 Å². The Hall–Kier alpha value is -1.59. The van der Waals surface area contributed by atoms with E-state index in [1.165, 1.54) is 0 Å². The monoisotopic (exact) mass is 281 g/mol. The molecule has 102 valence electrons. The summed E-state index contributed by atoms with van der Waals surface area (Å²) >= 11 is 6.15. The number of aromatic nitrogens is 2. The van der Waals surface area contributed by atoms with Crippen molar-refractivity contribution in [1.29, 1.82) is 0 Å². The Morgan fingerprint density at radius 3 is 2.95 bits per heavy atom. The second kappa shape index (κ2) is 6.54. The first-order chi connectivity index (χ1) is 9.24. The summed E-state index contributed by atoms with van der Waals surface area (Å²) in [5, 5.41) is 7.58. The van der Waals surface area contributed by atoms with Gasteiger partial charge in [0.2, 0.25) is 11.7 Å². The zero-order valence-electron chi connectivity index (χ0n) is 10.9. The van der Waals surface area contributed by atoms with E-state index >= 15 is 0 Å². The van der Waals surface area contributed by atoms with Crippen LogP contribution in [0.3, 0.4) is 0 Å². The molecule has 5 nitrogen and oxygen atoms in total. The van der Waals surface area contributed by atoms with E-state index in [1.807, 2.05) is 32.2 Å². The number of aryl methyl sites for hydroxylation is 1. The Morgan fingerprint density at radius 2 is 2.26 bits per heavy atom. The Bertz CT molecular complexity index is 542. The number of nitrogens with zero attached hydrogens (tertiary/aromatic N) is 2. The standard InChI is InChI=1S/C13H16ClN3O2/c1-3-13-16-12(17-19-13)8-18-11-6-4-5-10(14)9(11)7-15-2/h4-6,15H,3,7-8H2,1-2H3. The van der Waals surface area contributed by atoms with Crippen LogP contribution >= 0.6 is 11.6 Å². The molecule has 2 rings (SSSR count). The third-order valence-electron chi connectivity index (χ3n) is 2.60. The third kappa shape index (κ3) is 3.45. The van der Waals surface area contributed by atoms with Gasteiger partial charge in [0.05, 0.1) is 0 Å². The zero-order valence-corrected chi connectivity index (χ0v) is 11.7. The summed E-state index contributed by atoms with van der Waals surface area (Å²) in [7, 11) is 1.86. The maximum absolute atomic E-state index is 6.15. The van der Waals surface area contributed by atoms with Gasteiger partial charge in [-0.25, -0.2) is 0 Å². The zero-order chi connectivity index (χ0) is 13.7. The summed E-state index contributed by atoms with van der Waals surface area (Å²) in [6.45, 7) is 2.86. The van der Waals surface area contributed by atoms with Gasteiger partial charge in [-0.15, -0.1) is 0 Å². The molecule has 0 unspecified atom stereocenters. The van der Waals surface area contributed by atoms with Crippen molar-refractivity contribution in [2.24, 2.45) is 0 Å². The van der Waals surface area contributed by atoms with Gasteiger partial charge in [-0.05, 0) is 19.2 Å². The van der Waals surface area contributed by atoms with Crippen LogP contribution in [0, 0.1) is 0 Å². The van der Waals surface area contributed by atoms with Gasteiger partial charge in [0, 0.05) is 23.6 Å². The molecule has 6 heteroatoms. The van der Waals surface area contributed by atoms with Crippen LogP contribution in [0.2, 0.25) is 5.02 Å². The van der Waals surface area contributed by atoms with Crippen molar-refractivity contribution in [3.63, 3.8) is 0 Å². The molecule has 1 aromatic heterocycles. The maximum Gasteiger partial charge on any atom is 0.226 e. The minimum Gasteiger partial charge on any atom is -0.485 e. The van der Waals surface area contributed by atoms with E-state index in [9.17, 15) is 0 Å². The van der Waals surface area contributed by atoms with E-state index < -0.39 is 0 Å². The molecule has 1 N–H and O–H groups in total. The fourth-order valence-electron chi connectivity index (χ4n) is 1.66. The molecule has 0 aliphatic heterocycles. The Labute approximate surface area is 116 Å². The van der Waals surface area contributed by atoms with Crippen LogP contribution in [0.25, 0.3) is 0 Å².